The Morgan fingerprint density at radius 2 is 1.65 bits per heavy atom. The van der Waals surface area contributed by atoms with Crippen LogP contribution in [0.1, 0.15) is 17.4 Å². The van der Waals surface area contributed by atoms with E-state index >= 15 is 0 Å². The van der Waals surface area contributed by atoms with Crippen LogP contribution in [0, 0.1) is 0 Å². The minimum Gasteiger partial charge on any atom is -0.364 e. The summed E-state index contributed by atoms with van der Waals surface area (Å²) in [4.78, 5) is 0. The topological polar surface area (TPSA) is 29.5 Å². The molecular formula is C14H13BrO2. The van der Waals surface area contributed by atoms with Crippen LogP contribution in [-0.2, 0) is 11.3 Å². The van der Waals surface area contributed by atoms with Crippen LogP contribution in [0.5, 0.6) is 0 Å². The highest BCUT2D eigenvalue weighted by molar-refractivity contribution is 9.10. The molecule has 0 saturated carbocycles. The fourth-order valence-electron chi connectivity index (χ4n) is 1.50. The molecule has 0 heterocycles. The van der Waals surface area contributed by atoms with Gasteiger partial charge in [-0.25, -0.2) is 0 Å². The van der Waals surface area contributed by atoms with Crippen LogP contribution in [0.3, 0.4) is 0 Å². The summed E-state index contributed by atoms with van der Waals surface area (Å²) in [6, 6.07) is 17.1. The Kier molecular flexibility index (Phi) is 4.31. The Labute approximate surface area is 109 Å². The molecule has 1 unspecified atom stereocenters. The summed E-state index contributed by atoms with van der Waals surface area (Å²) in [6.45, 7) is 0.373. The molecule has 1 N–H and O–H groups in total. The van der Waals surface area contributed by atoms with Gasteiger partial charge in [-0.2, -0.15) is 0 Å². The molecule has 17 heavy (non-hydrogen) atoms. The zero-order chi connectivity index (χ0) is 12.1. The molecule has 0 saturated heterocycles. The Hall–Kier alpha value is -1.16. The van der Waals surface area contributed by atoms with E-state index in [4.69, 9.17) is 4.74 Å². The summed E-state index contributed by atoms with van der Waals surface area (Å²) in [5.41, 5.74) is 1.78. The zero-order valence-corrected chi connectivity index (χ0v) is 10.8. The lowest BCUT2D eigenvalue weighted by atomic mass is 10.2. The minimum atomic E-state index is -0.886. The highest BCUT2D eigenvalue weighted by atomic mass is 79.9. The molecular weight excluding hydrogens is 280 g/mol. The molecule has 2 aromatic rings. The lowest BCUT2D eigenvalue weighted by Crippen LogP contribution is -2.03. The summed E-state index contributed by atoms with van der Waals surface area (Å²) >= 11 is 3.44. The van der Waals surface area contributed by atoms with E-state index in [2.05, 4.69) is 15.9 Å². The van der Waals surface area contributed by atoms with Gasteiger partial charge in [0.05, 0.1) is 6.61 Å². The van der Waals surface area contributed by atoms with Crippen molar-refractivity contribution in [2.45, 2.75) is 12.9 Å². The van der Waals surface area contributed by atoms with Gasteiger partial charge < -0.3 is 9.84 Å². The van der Waals surface area contributed by atoms with Gasteiger partial charge in [0, 0.05) is 10.0 Å². The van der Waals surface area contributed by atoms with Gasteiger partial charge in [-0.1, -0.05) is 64.5 Å². The average molecular weight is 293 g/mol. The first-order valence-corrected chi connectivity index (χ1v) is 6.14. The third kappa shape index (κ3) is 3.40. The molecule has 0 radical (unpaired) electrons. The normalized spacial score (nSPS) is 12.4. The molecule has 0 aromatic heterocycles. The molecule has 0 aliphatic heterocycles. The van der Waals surface area contributed by atoms with E-state index in [-0.39, 0.29) is 0 Å². The quantitative estimate of drug-likeness (QED) is 0.872. The Bertz CT molecular complexity index is 471. The molecule has 0 spiro atoms. The number of halogens is 1. The summed E-state index contributed by atoms with van der Waals surface area (Å²) in [5.74, 6) is 0. The monoisotopic (exact) mass is 292 g/mol. The van der Waals surface area contributed by atoms with Gasteiger partial charge >= 0.3 is 0 Å². The lowest BCUT2D eigenvalue weighted by Gasteiger charge is -2.12. The second-order valence-corrected chi connectivity index (χ2v) is 4.52. The van der Waals surface area contributed by atoms with E-state index < -0.39 is 6.29 Å². The lowest BCUT2D eigenvalue weighted by molar-refractivity contribution is -0.112. The molecule has 2 rings (SSSR count). The zero-order valence-electron chi connectivity index (χ0n) is 9.21. The number of hydrogen-bond acceptors (Lipinski definition) is 2. The number of benzene rings is 2. The molecule has 0 amide bonds. The van der Waals surface area contributed by atoms with E-state index in [0.29, 0.717) is 6.61 Å². The highest BCUT2D eigenvalue weighted by Gasteiger charge is 2.07. The third-order valence-corrected chi connectivity index (χ3v) is 3.21. The van der Waals surface area contributed by atoms with Crippen LogP contribution < -0.4 is 0 Å². The van der Waals surface area contributed by atoms with Crippen molar-refractivity contribution in [1.29, 1.82) is 0 Å². The minimum absolute atomic E-state index is 0.373. The summed E-state index contributed by atoms with van der Waals surface area (Å²) in [7, 11) is 0. The van der Waals surface area contributed by atoms with Crippen LogP contribution in [-0.4, -0.2) is 5.11 Å². The molecule has 0 fully saturated rings. The van der Waals surface area contributed by atoms with Gasteiger partial charge in [-0.15, -0.1) is 0 Å². The van der Waals surface area contributed by atoms with Crippen LogP contribution in [0.2, 0.25) is 0 Å². The van der Waals surface area contributed by atoms with Crippen molar-refractivity contribution in [2.75, 3.05) is 0 Å². The molecule has 1 atom stereocenters. The molecule has 0 aliphatic carbocycles. The molecule has 2 nitrogen and oxygen atoms in total. The Morgan fingerprint density at radius 1 is 1.00 bits per heavy atom. The second kappa shape index (κ2) is 5.96. The van der Waals surface area contributed by atoms with Gasteiger partial charge in [-0.3, -0.25) is 0 Å². The van der Waals surface area contributed by atoms with Crippen molar-refractivity contribution in [3.8, 4) is 0 Å². The van der Waals surface area contributed by atoms with E-state index in [1.165, 1.54) is 0 Å². The van der Waals surface area contributed by atoms with E-state index in [9.17, 15) is 5.11 Å². The number of aliphatic hydroxyl groups excluding tert-OH is 1. The van der Waals surface area contributed by atoms with E-state index in [1.54, 1.807) is 0 Å². The first-order valence-electron chi connectivity index (χ1n) is 5.35. The fraction of sp³-hybridized carbons (Fsp3) is 0.143. The molecule has 2 aromatic carbocycles. The third-order valence-electron chi connectivity index (χ3n) is 2.44. The highest BCUT2D eigenvalue weighted by Crippen LogP contribution is 2.20. The fourth-order valence-corrected chi connectivity index (χ4v) is 1.90. The predicted octanol–water partition coefficient (Wildman–Crippen LogP) is 3.66. The van der Waals surface area contributed by atoms with Crippen molar-refractivity contribution in [3.05, 3.63) is 70.2 Å². The number of aliphatic hydroxyl groups is 1. The summed E-state index contributed by atoms with van der Waals surface area (Å²) in [6.07, 6.45) is -0.886. The van der Waals surface area contributed by atoms with Gasteiger partial charge in [0.25, 0.3) is 0 Å². The van der Waals surface area contributed by atoms with Crippen molar-refractivity contribution < 1.29 is 9.84 Å². The van der Waals surface area contributed by atoms with Crippen molar-refractivity contribution in [2.24, 2.45) is 0 Å². The van der Waals surface area contributed by atoms with Gasteiger partial charge in [-0.05, 0) is 11.6 Å². The van der Waals surface area contributed by atoms with Crippen molar-refractivity contribution in [1.82, 2.24) is 0 Å². The van der Waals surface area contributed by atoms with E-state index in [1.807, 2.05) is 54.6 Å². The largest absolute Gasteiger partial charge is 0.364 e. The maximum atomic E-state index is 9.84. The molecule has 0 aliphatic rings. The first kappa shape index (κ1) is 12.3. The number of hydrogen-bond donors (Lipinski definition) is 1. The SMILES string of the molecule is OC(OCc1ccccc1Br)c1ccccc1. The van der Waals surface area contributed by atoms with E-state index in [0.717, 1.165) is 15.6 Å². The number of ether oxygens (including phenoxy) is 1. The van der Waals surface area contributed by atoms with Crippen LogP contribution >= 0.6 is 15.9 Å². The maximum Gasteiger partial charge on any atom is 0.181 e. The predicted molar refractivity (Wildman–Crippen MR) is 70.3 cm³/mol. The van der Waals surface area contributed by atoms with Crippen LogP contribution in [0.4, 0.5) is 0 Å². The van der Waals surface area contributed by atoms with Crippen molar-refractivity contribution >= 4 is 15.9 Å². The second-order valence-electron chi connectivity index (χ2n) is 3.67. The first-order chi connectivity index (χ1) is 8.27. The summed E-state index contributed by atoms with van der Waals surface area (Å²) in [5, 5.41) is 9.84. The summed E-state index contributed by atoms with van der Waals surface area (Å²) < 4.78 is 6.41. The Balaban J connectivity index is 1.97. The van der Waals surface area contributed by atoms with Crippen molar-refractivity contribution in [3.63, 3.8) is 0 Å². The maximum absolute atomic E-state index is 9.84. The molecule has 0 bridgehead atoms. The molecule has 3 heteroatoms. The smallest absolute Gasteiger partial charge is 0.181 e. The van der Waals surface area contributed by atoms with Crippen LogP contribution in [0.15, 0.2) is 59.1 Å². The van der Waals surface area contributed by atoms with Gasteiger partial charge in [0.1, 0.15) is 0 Å². The standard InChI is InChI=1S/C14H13BrO2/c15-13-9-5-4-8-12(13)10-17-14(16)11-6-2-1-3-7-11/h1-9,14,16H,10H2. The molecule has 88 valence electrons. The number of rotatable bonds is 4. The average Bonchev–Trinajstić information content (AvgIpc) is 2.38. The van der Waals surface area contributed by atoms with Gasteiger partial charge in [0.2, 0.25) is 0 Å². The van der Waals surface area contributed by atoms with Gasteiger partial charge in [0.15, 0.2) is 6.29 Å². The van der Waals surface area contributed by atoms with Crippen LogP contribution in [0.25, 0.3) is 0 Å². The Morgan fingerprint density at radius 3 is 2.35 bits per heavy atom.